The van der Waals surface area contributed by atoms with Crippen molar-refractivity contribution in [1.82, 2.24) is 4.31 Å². The fourth-order valence-electron chi connectivity index (χ4n) is 3.48. The van der Waals surface area contributed by atoms with Gasteiger partial charge in [0.25, 0.3) is 0 Å². The third-order valence-electron chi connectivity index (χ3n) is 5.10. The van der Waals surface area contributed by atoms with Crippen LogP contribution in [0.4, 0.5) is 17.1 Å². The maximum atomic E-state index is 13.0. The number of sulfonamides is 1. The van der Waals surface area contributed by atoms with Gasteiger partial charge in [-0.05, 0) is 73.5 Å². The van der Waals surface area contributed by atoms with Gasteiger partial charge < -0.3 is 5.32 Å². The highest BCUT2D eigenvalue weighted by atomic mass is 35.5. The Hall–Kier alpha value is -3.07. The molecule has 0 spiro atoms. The summed E-state index contributed by atoms with van der Waals surface area (Å²) in [5.41, 5.74) is 1.94. The van der Waals surface area contributed by atoms with Crippen LogP contribution in [0.3, 0.4) is 0 Å². The van der Waals surface area contributed by atoms with Crippen molar-refractivity contribution < 1.29 is 13.2 Å². The molecule has 1 aliphatic rings. The van der Waals surface area contributed by atoms with Crippen LogP contribution in [-0.2, 0) is 14.8 Å². The lowest BCUT2D eigenvalue weighted by Gasteiger charge is -2.23. The van der Waals surface area contributed by atoms with E-state index >= 15 is 0 Å². The van der Waals surface area contributed by atoms with Crippen LogP contribution in [0.2, 0.25) is 5.02 Å². The van der Waals surface area contributed by atoms with Gasteiger partial charge in [-0.1, -0.05) is 29.8 Å². The molecule has 7 nitrogen and oxygen atoms in total. The van der Waals surface area contributed by atoms with Crippen molar-refractivity contribution in [3.8, 4) is 0 Å². The highest BCUT2D eigenvalue weighted by Gasteiger charge is 2.39. The summed E-state index contributed by atoms with van der Waals surface area (Å²) in [4.78, 5) is 13.0. The molecule has 0 radical (unpaired) electrons. The molecule has 1 unspecified atom stereocenters. The maximum absolute atomic E-state index is 13.0. The monoisotopic (exact) mass is 468 g/mol. The average molecular weight is 469 g/mol. The summed E-state index contributed by atoms with van der Waals surface area (Å²) in [6.45, 7) is 0.294. The number of carbonyl (C=O) groups is 1. The van der Waals surface area contributed by atoms with Crippen molar-refractivity contribution in [2.45, 2.75) is 23.8 Å². The van der Waals surface area contributed by atoms with Gasteiger partial charge >= 0.3 is 0 Å². The van der Waals surface area contributed by atoms with Crippen molar-refractivity contribution >= 4 is 44.6 Å². The van der Waals surface area contributed by atoms with Gasteiger partial charge in [-0.25, -0.2) is 8.42 Å². The van der Waals surface area contributed by atoms with Gasteiger partial charge in [0.2, 0.25) is 15.9 Å². The normalized spacial score (nSPS) is 17.0. The summed E-state index contributed by atoms with van der Waals surface area (Å²) < 4.78 is 27.3. The molecule has 0 bridgehead atoms. The van der Waals surface area contributed by atoms with E-state index < -0.39 is 16.1 Å². The van der Waals surface area contributed by atoms with E-state index in [-0.39, 0.29) is 10.8 Å². The number of anilines is 1. The molecule has 32 heavy (non-hydrogen) atoms. The Bertz CT molecular complexity index is 1210. The second-order valence-electron chi connectivity index (χ2n) is 7.30. The zero-order valence-electron chi connectivity index (χ0n) is 17.1. The third kappa shape index (κ3) is 5.04. The SMILES string of the molecule is O=C(Nc1ccc(N=Nc2ccccc2)cc1)C1CCCN1S(=O)(=O)c1ccc(Cl)cc1. The zero-order valence-corrected chi connectivity index (χ0v) is 18.6. The molecule has 1 fully saturated rings. The maximum Gasteiger partial charge on any atom is 0.243 e. The molecule has 9 heteroatoms. The molecule has 3 aromatic rings. The molecule has 1 saturated heterocycles. The quantitative estimate of drug-likeness (QED) is 0.481. The fraction of sp³-hybridized carbons (Fsp3) is 0.174. The number of benzene rings is 3. The van der Waals surface area contributed by atoms with E-state index in [0.717, 1.165) is 5.69 Å². The third-order valence-corrected chi connectivity index (χ3v) is 7.27. The molecule has 1 aliphatic heterocycles. The summed E-state index contributed by atoms with van der Waals surface area (Å²) in [7, 11) is -3.80. The van der Waals surface area contributed by atoms with Crippen LogP contribution in [0.5, 0.6) is 0 Å². The predicted octanol–water partition coefficient (Wildman–Crippen LogP) is 5.55. The molecular weight excluding hydrogens is 448 g/mol. The Balaban J connectivity index is 1.44. The van der Waals surface area contributed by atoms with Gasteiger partial charge in [0.05, 0.1) is 16.3 Å². The Morgan fingerprint density at radius 1 is 0.906 bits per heavy atom. The van der Waals surface area contributed by atoms with Crippen molar-refractivity contribution in [3.05, 3.63) is 83.9 Å². The number of carbonyl (C=O) groups excluding carboxylic acids is 1. The van der Waals surface area contributed by atoms with Crippen LogP contribution in [0.25, 0.3) is 0 Å². The van der Waals surface area contributed by atoms with E-state index in [0.29, 0.717) is 35.8 Å². The fourth-order valence-corrected chi connectivity index (χ4v) is 5.26. The minimum atomic E-state index is -3.80. The standard InChI is InChI=1S/C23H21ClN4O3S/c24-17-8-14-21(15-9-17)32(30,31)28-16-4-7-22(28)23(29)25-18-10-12-20(13-11-18)27-26-19-5-2-1-3-6-19/h1-3,5-6,8-15,22H,4,7,16H2,(H,25,29). The second-order valence-corrected chi connectivity index (χ2v) is 9.63. The van der Waals surface area contributed by atoms with E-state index in [1.54, 1.807) is 24.3 Å². The summed E-state index contributed by atoms with van der Waals surface area (Å²) in [6, 6.07) is 21.4. The Kier molecular flexibility index (Phi) is 6.64. The highest BCUT2D eigenvalue weighted by molar-refractivity contribution is 7.89. The van der Waals surface area contributed by atoms with Gasteiger partial charge in [0, 0.05) is 17.3 Å². The van der Waals surface area contributed by atoms with E-state index in [1.165, 1.54) is 28.6 Å². The molecule has 164 valence electrons. The Labute approximate surface area is 191 Å². The molecule has 4 rings (SSSR count). The smallest absolute Gasteiger partial charge is 0.243 e. The average Bonchev–Trinajstić information content (AvgIpc) is 3.31. The van der Waals surface area contributed by atoms with Crippen molar-refractivity contribution in [2.75, 3.05) is 11.9 Å². The first-order valence-electron chi connectivity index (χ1n) is 10.1. The van der Waals surface area contributed by atoms with Gasteiger partial charge in [0.15, 0.2) is 0 Å². The minimum Gasteiger partial charge on any atom is -0.325 e. The summed E-state index contributed by atoms with van der Waals surface area (Å²) in [6.07, 6.45) is 1.08. The summed E-state index contributed by atoms with van der Waals surface area (Å²) >= 11 is 5.87. The second kappa shape index (κ2) is 9.60. The first-order valence-corrected chi connectivity index (χ1v) is 11.9. The van der Waals surface area contributed by atoms with Gasteiger partial charge in [-0.3, -0.25) is 4.79 Å². The lowest BCUT2D eigenvalue weighted by Crippen LogP contribution is -2.43. The van der Waals surface area contributed by atoms with Crippen LogP contribution in [0, 0.1) is 0 Å². The van der Waals surface area contributed by atoms with Crippen LogP contribution in [-0.4, -0.2) is 31.2 Å². The molecular formula is C23H21ClN4O3S. The van der Waals surface area contributed by atoms with E-state index in [9.17, 15) is 13.2 Å². The van der Waals surface area contributed by atoms with Gasteiger partial charge in [-0.15, -0.1) is 0 Å². The molecule has 1 N–H and O–H groups in total. The molecule has 3 aromatic carbocycles. The molecule has 0 aliphatic carbocycles. The van der Waals surface area contributed by atoms with E-state index in [4.69, 9.17) is 11.6 Å². The zero-order chi connectivity index (χ0) is 22.6. The largest absolute Gasteiger partial charge is 0.325 e. The lowest BCUT2D eigenvalue weighted by atomic mass is 10.2. The molecule has 0 aromatic heterocycles. The first-order chi connectivity index (χ1) is 15.4. The number of nitrogens with one attached hydrogen (secondary N) is 1. The lowest BCUT2D eigenvalue weighted by molar-refractivity contribution is -0.119. The summed E-state index contributed by atoms with van der Waals surface area (Å²) in [5.74, 6) is -0.362. The number of halogens is 1. The Morgan fingerprint density at radius 3 is 2.19 bits per heavy atom. The molecule has 1 heterocycles. The predicted molar refractivity (Wildman–Crippen MR) is 124 cm³/mol. The van der Waals surface area contributed by atoms with Crippen molar-refractivity contribution in [2.24, 2.45) is 10.2 Å². The molecule has 1 atom stereocenters. The van der Waals surface area contributed by atoms with Crippen LogP contribution in [0.1, 0.15) is 12.8 Å². The van der Waals surface area contributed by atoms with Crippen LogP contribution in [0.15, 0.2) is 94.0 Å². The van der Waals surface area contributed by atoms with E-state index in [1.807, 2.05) is 30.3 Å². The molecule has 1 amide bonds. The number of nitrogens with zero attached hydrogens (tertiary/aromatic N) is 3. The van der Waals surface area contributed by atoms with Gasteiger partial charge in [-0.2, -0.15) is 14.5 Å². The van der Waals surface area contributed by atoms with Crippen molar-refractivity contribution in [1.29, 1.82) is 0 Å². The Morgan fingerprint density at radius 2 is 1.53 bits per heavy atom. The van der Waals surface area contributed by atoms with Crippen molar-refractivity contribution in [3.63, 3.8) is 0 Å². The van der Waals surface area contributed by atoms with E-state index in [2.05, 4.69) is 15.5 Å². The van der Waals surface area contributed by atoms with Gasteiger partial charge in [0.1, 0.15) is 6.04 Å². The topological polar surface area (TPSA) is 91.2 Å². The highest BCUT2D eigenvalue weighted by Crippen LogP contribution is 2.28. The number of azo groups is 1. The molecule has 0 saturated carbocycles. The number of rotatable bonds is 6. The number of amides is 1. The summed E-state index contributed by atoms with van der Waals surface area (Å²) in [5, 5.41) is 11.6. The van der Waals surface area contributed by atoms with Crippen LogP contribution >= 0.6 is 11.6 Å². The van der Waals surface area contributed by atoms with Crippen LogP contribution < -0.4 is 5.32 Å². The number of hydrogen-bond donors (Lipinski definition) is 1. The number of hydrogen-bond acceptors (Lipinski definition) is 5. The minimum absolute atomic E-state index is 0.120. The first kappa shape index (κ1) is 22.1.